The molecule has 0 aliphatic rings. The van der Waals surface area contributed by atoms with E-state index in [0.29, 0.717) is 5.75 Å². The van der Waals surface area contributed by atoms with E-state index in [4.69, 9.17) is 0 Å². The van der Waals surface area contributed by atoms with E-state index in [0.717, 1.165) is 44.5 Å². The van der Waals surface area contributed by atoms with Crippen molar-refractivity contribution in [2.45, 2.75) is 73.1 Å². The fraction of sp³-hybridized carbons (Fsp3) is 0.314. The van der Waals surface area contributed by atoms with Crippen molar-refractivity contribution >= 4 is 0 Å². The van der Waals surface area contributed by atoms with Crippen LogP contribution in [0.4, 0.5) is 0 Å². The first-order valence-corrected chi connectivity index (χ1v) is 12.9. The molecule has 0 aliphatic heterocycles. The molecule has 0 saturated heterocycles. The molecule has 0 saturated carbocycles. The molecule has 3 aromatic rings. The third kappa shape index (κ3) is 5.59. The molecule has 0 amide bonds. The predicted octanol–water partition coefficient (Wildman–Crippen LogP) is 9.43. The number of phenols is 2. The lowest BCUT2D eigenvalue weighted by atomic mass is 9.76. The lowest BCUT2D eigenvalue weighted by molar-refractivity contribution is 0.465. The summed E-state index contributed by atoms with van der Waals surface area (Å²) < 4.78 is 0. The third-order valence-corrected chi connectivity index (χ3v) is 7.76. The van der Waals surface area contributed by atoms with E-state index >= 15 is 0 Å². The Bertz CT molecular complexity index is 1390. The Morgan fingerprint density at radius 3 is 1.46 bits per heavy atom. The molecule has 0 aliphatic carbocycles. The van der Waals surface area contributed by atoms with Crippen molar-refractivity contribution in [3.63, 3.8) is 0 Å². The Morgan fingerprint density at radius 2 is 1.00 bits per heavy atom. The van der Waals surface area contributed by atoms with Crippen molar-refractivity contribution in [2.75, 3.05) is 0 Å². The first-order chi connectivity index (χ1) is 17.2. The fourth-order valence-corrected chi connectivity index (χ4v) is 5.54. The standard InChI is InChI=1S/C35H42O2/c1-19(2)26(11)32-18-31(25(10)16-33(32)37)35(21(5)6)30-17-29(22(7)14-23(30)8)34(20(3)4)28-13-12-27(36)15-24(28)9/h12-18,26,34-37H,1,3,5H2,2,4,6-11H3. The van der Waals surface area contributed by atoms with E-state index in [-0.39, 0.29) is 23.5 Å². The Labute approximate surface area is 223 Å². The lowest BCUT2D eigenvalue weighted by Crippen LogP contribution is -2.12. The first kappa shape index (κ1) is 28.1. The number of rotatable bonds is 8. The zero-order valence-corrected chi connectivity index (χ0v) is 23.8. The van der Waals surface area contributed by atoms with Gasteiger partial charge in [0.2, 0.25) is 0 Å². The van der Waals surface area contributed by atoms with Crippen LogP contribution in [0.5, 0.6) is 11.5 Å². The Morgan fingerprint density at radius 1 is 0.568 bits per heavy atom. The van der Waals surface area contributed by atoms with Crippen LogP contribution >= 0.6 is 0 Å². The molecule has 3 unspecified atom stereocenters. The topological polar surface area (TPSA) is 40.5 Å². The molecule has 0 radical (unpaired) electrons. The van der Waals surface area contributed by atoms with Crippen LogP contribution in [-0.2, 0) is 0 Å². The summed E-state index contributed by atoms with van der Waals surface area (Å²) in [5.74, 6) is 0.607. The van der Waals surface area contributed by atoms with Crippen molar-refractivity contribution in [3.8, 4) is 11.5 Å². The van der Waals surface area contributed by atoms with Crippen LogP contribution in [0.1, 0.15) is 95.5 Å². The number of allylic oxidation sites excluding steroid dienone is 3. The maximum Gasteiger partial charge on any atom is 0.119 e. The molecule has 0 fully saturated rings. The van der Waals surface area contributed by atoms with Crippen LogP contribution in [0.3, 0.4) is 0 Å². The summed E-state index contributed by atoms with van der Waals surface area (Å²) >= 11 is 0. The summed E-state index contributed by atoms with van der Waals surface area (Å²) in [4.78, 5) is 0. The third-order valence-electron chi connectivity index (χ3n) is 7.76. The molecule has 2 N–H and O–H groups in total. The van der Waals surface area contributed by atoms with Crippen LogP contribution in [0.2, 0.25) is 0 Å². The highest BCUT2D eigenvalue weighted by Crippen LogP contribution is 2.43. The molecule has 0 spiro atoms. The van der Waals surface area contributed by atoms with Gasteiger partial charge in [0.05, 0.1) is 0 Å². The van der Waals surface area contributed by atoms with Crippen LogP contribution in [0.25, 0.3) is 0 Å². The van der Waals surface area contributed by atoms with E-state index in [1.807, 2.05) is 32.0 Å². The highest BCUT2D eigenvalue weighted by Gasteiger charge is 2.26. The molecule has 0 aromatic heterocycles. The van der Waals surface area contributed by atoms with Gasteiger partial charge in [-0.15, -0.1) is 0 Å². The van der Waals surface area contributed by atoms with Gasteiger partial charge in [0, 0.05) is 23.3 Å². The van der Waals surface area contributed by atoms with E-state index in [2.05, 4.69) is 79.5 Å². The highest BCUT2D eigenvalue weighted by molar-refractivity contribution is 5.56. The molecule has 0 bridgehead atoms. The smallest absolute Gasteiger partial charge is 0.119 e. The summed E-state index contributed by atoms with van der Waals surface area (Å²) in [6, 6.07) is 14.2. The van der Waals surface area contributed by atoms with Gasteiger partial charge < -0.3 is 10.2 Å². The average Bonchev–Trinajstić information content (AvgIpc) is 2.78. The maximum atomic E-state index is 10.8. The molecule has 194 valence electrons. The molecule has 3 atom stereocenters. The number of phenolic OH excluding ortho intramolecular Hbond substituents is 2. The Hall–Kier alpha value is -3.52. The van der Waals surface area contributed by atoms with Gasteiger partial charge in [-0.1, -0.05) is 67.6 Å². The fourth-order valence-electron chi connectivity index (χ4n) is 5.54. The number of benzene rings is 3. The highest BCUT2D eigenvalue weighted by atomic mass is 16.3. The van der Waals surface area contributed by atoms with E-state index < -0.39 is 0 Å². The number of aryl methyl sites for hydroxylation is 4. The minimum absolute atomic E-state index is 0.00522. The first-order valence-electron chi connectivity index (χ1n) is 12.9. The van der Waals surface area contributed by atoms with Gasteiger partial charge in [-0.25, -0.2) is 0 Å². The van der Waals surface area contributed by atoms with Crippen LogP contribution < -0.4 is 0 Å². The van der Waals surface area contributed by atoms with Crippen molar-refractivity contribution in [3.05, 3.63) is 129 Å². The molecule has 2 nitrogen and oxygen atoms in total. The normalized spacial score (nSPS) is 13.6. The second-order valence-corrected chi connectivity index (χ2v) is 11.0. The molecule has 2 heteroatoms. The zero-order chi connectivity index (χ0) is 27.8. The number of aromatic hydroxyl groups is 2. The predicted molar refractivity (Wildman–Crippen MR) is 158 cm³/mol. The van der Waals surface area contributed by atoms with Crippen molar-refractivity contribution in [2.24, 2.45) is 0 Å². The van der Waals surface area contributed by atoms with Gasteiger partial charge in [0.25, 0.3) is 0 Å². The van der Waals surface area contributed by atoms with Crippen molar-refractivity contribution in [1.82, 2.24) is 0 Å². The second-order valence-electron chi connectivity index (χ2n) is 11.0. The minimum Gasteiger partial charge on any atom is -0.508 e. The molecular formula is C35H42O2. The van der Waals surface area contributed by atoms with Crippen molar-refractivity contribution in [1.29, 1.82) is 0 Å². The summed E-state index contributed by atoms with van der Waals surface area (Å²) in [5, 5.41) is 20.8. The monoisotopic (exact) mass is 494 g/mol. The molecule has 3 rings (SSSR count). The SMILES string of the molecule is C=C(C)C(C)c1cc(C(C(=C)C)c2cc(C(C(=C)C)c3ccc(O)cc3C)c(C)cc2C)c(C)cc1O. The zero-order valence-electron chi connectivity index (χ0n) is 23.8. The van der Waals surface area contributed by atoms with E-state index in [9.17, 15) is 10.2 Å². The summed E-state index contributed by atoms with van der Waals surface area (Å²) in [7, 11) is 0. The summed E-state index contributed by atoms with van der Waals surface area (Å²) in [6.07, 6.45) is 0. The minimum atomic E-state index is -0.0253. The Balaban J connectivity index is 2.29. The lowest BCUT2D eigenvalue weighted by Gasteiger charge is -2.28. The van der Waals surface area contributed by atoms with Crippen LogP contribution in [0.15, 0.2) is 78.9 Å². The molecule has 0 heterocycles. The average molecular weight is 495 g/mol. The second kappa shape index (κ2) is 10.8. The molecule has 37 heavy (non-hydrogen) atoms. The van der Waals surface area contributed by atoms with Gasteiger partial charge in [-0.05, 0) is 111 Å². The van der Waals surface area contributed by atoms with Crippen LogP contribution in [0, 0.1) is 27.7 Å². The van der Waals surface area contributed by atoms with E-state index in [1.54, 1.807) is 6.07 Å². The quantitative estimate of drug-likeness (QED) is 0.306. The van der Waals surface area contributed by atoms with Crippen LogP contribution in [-0.4, -0.2) is 10.2 Å². The molecule has 3 aromatic carbocycles. The van der Waals surface area contributed by atoms with Gasteiger partial charge >= 0.3 is 0 Å². The van der Waals surface area contributed by atoms with Crippen molar-refractivity contribution < 1.29 is 10.2 Å². The summed E-state index contributed by atoms with van der Waals surface area (Å²) in [5.41, 5.74) is 13.2. The molecular weight excluding hydrogens is 452 g/mol. The maximum absolute atomic E-state index is 10.8. The number of hydrogen-bond acceptors (Lipinski definition) is 2. The van der Waals surface area contributed by atoms with Gasteiger partial charge in [0.1, 0.15) is 11.5 Å². The largest absolute Gasteiger partial charge is 0.508 e. The number of hydrogen-bond donors (Lipinski definition) is 2. The van der Waals surface area contributed by atoms with Gasteiger partial charge in [0.15, 0.2) is 0 Å². The summed E-state index contributed by atoms with van der Waals surface area (Å²) in [6.45, 7) is 29.5. The van der Waals surface area contributed by atoms with E-state index in [1.165, 1.54) is 22.3 Å². The Kier molecular flexibility index (Phi) is 8.22. The van der Waals surface area contributed by atoms with Gasteiger partial charge in [-0.3, -0.25) is 0 Å². The van der Waals surface area contributed by atoms with Gasteiger partial charge in [-0.2, -0.15) is 0 Å².